The van der Waals surface area contributed by atoms with Gasteiger partial charge in [0, 0.05) is 23.6 Å². The van der Waals surface area contributed by atoms with Gasteiger partial charge in [-0.2, -0.15) is 0 Å². The minimum atomic E-state index is -0.909. The molecule has 4 rings (SSSR count). The Morgan fingerprint density at radius 3 is 2.71 bits per heavy atom. The van der Waals surface area contributed by atoms with Gasteiger partial charge in [0.1, 0.15) is 6.04 Å². The van der Waals surface area contributed by atoms with Gasteiger partial charge >= 0.3 is 0 Å². The van der Waals surface area contributed by atoms with Crippen LogP contribution in [0.4, 0.5) is 5.69 Å². The van der Waals surface area contributed by atoms with E-state index in [1.165, 1.54) is 0 Å². The number of hydrogen-bond donors (Lipinski definition) is 4. The van der Waals surface area contributed by atoms with Crippen molar-refractivity contribution < 1.29 is 14.4 Å². The molecular formula is C21H20N4O3. The molecule has 3 aromatic rings. The van der Waals surface area contributed by atoms with Crippen molar-refractivity contribution in [1.29, 1.82) is 0 Å². The summed E-state index contributed by atoms with van der Waals surface area (Å²) in [7, 11) is 0. The predicted molar refractivity (Wildman–Crippen MR) is 106 cm³/mol. The largest absolute Gasteiger partial charge is 0.361 e. The molecule has 4 N–H and O–H groups in total. The Morgan fingerprint density at radius 2 is 1.82 bits per heavy atom. The molecule has 3 amide bonds. The Balaban J connectivity index is 1.34. The Kier molecular flexibility index (Phi) is 4.80. The molecule has 7 nitrogen and oxygen atoms in total. The van der Waals surface area contributed by atoms with Crippen LogP contribution in [0.5, 0.6) is 0 Å². The molecule has 2 heterocycles. The fourth-order valence-electron chi connectivity index (χ4n) is 3.39. The van der Waals surface area contributed by atoms with Crippen molar-refractivity contribution in [2.75, 3.05) is 11.9 Å². The Labute approximate surface area is 161 Å². The van der Waals surface area contributed by atoms with Crippen LogP contribution >= 0.6 is 0 Å². The lowest BCUT2D eigenvalue weighted by molar-refractivity contribution is -0.125. The third-order valence-corrected chi connectivity index (χ3v) is 4.83. The molecule has 0 spiro atoms. The van der Waals surface area contributed by atoms with Gasteiger partial charge in [-0.05, 0) is 30.2 Å². The lowest BCUT2D eigenvalue weighted by atomic mass is 10.1. The van der Waals surface area contributed by atoms with Gasteiger partial charge in [0.15, 0.2) is 0 Å². The van der Waals surface area contributed by atoms with Crippen molar-refractivity contribution in [3.8, 4) is 0 Å². The SMILES string of the molecule is O=C(C[C@H]1NC(=O)c2ccccc2NC1=O)NCCc1c[nH]c2ccccc12. The molecular weight excluding hydrogens is 356 g/mol. The van der Waals surface area contributed by atoms with Gasteiger partial charge in [-0.25, -0.2) is 0 Å². The van der Waals surface area contributed by atoms with Crippen LogP contribution in [0.1, 0.15) is 22.3 Å². The van der Waals surface area contributed by atoms with Crippen LogP contribution in [0.25, 0.3) is 10.9 Å². The number of amides is 3. The number of rotatable bonds is 5. The average Bonchev–Trinajstić information content (AvgIpc) is 3.06. The van der Waals surface area contributed by atoms with Gasteiger partial charge in [-0.1, -0.05) is 30.3 Å². The summed E-state index contributed by atoms with van der Waals surface area (Å²) in [5, 5.41) is 9.28. The number of aromatic amines is 1. The van der Waals surface area contributed by atoms with Crippen LogP contribution in [-0.4, -0.2) is 35.3 Å². The standard InChI is InChI=1S/C21H20N4O3/c26-19(22-10-9-13-12-23-16-7-3-1-5-14(13)16)11-18-21(28)24-17-8-4-2-6-15(17)20(27)25-18/h1-8,12,18,23H,9-11H2,(H,22,26)(H,24,28)(H,25,27)/t18-/m1/s1. The van der Waals surface area contributed by atoms with Gasteiger partial charge in [0.05, 0.1) is 17.7 Å². The second-order valence-corrected chi connectivity index (χ2v) is 6.72. The highest BCUT2D eigenvalue weighted by molar-refractivity contribution is 6.10. The molecule has 0 radical (unpaired) electrons. The van der Waals surface area contributed by atoms with E-state index in [2.05, 4.69) is 20.9 Å². The maximum absolute atomic E-state index is 12.4. The first-order valence-corrected chi connectivity index (χ1v) is 9.14. The van der Waals surface area contributed by atoms with Gasteiger partial charge in [-0.15, -0.1) is 0 Å². The monoisotopic (exact) mass is 376 g/mol. The zero-order valence-electron chi connectivity index (χ0n) is 15.1. The summed E-state index contributed by atoms with van der Waals surface area (Å²) in [6.45, 7) is 0.448. The van der Waals surface area contributed by atoms with Gasteiger partial charge < -0.3 is 20.9 Å². The molecule has 28 heavy (non-hydrogen) atoms. The molecule has 0 saturated heterocycles. The molecule has 2 aromatic carbocycles. The smallest absolute Gasteiger partial charge is 0.254 e. The third-order valence-electron chi connectivity index (χ3n) is 4.83. The van der Waals surface area contributed by atoms with Crippen LogP contribution in [-0.2, 0) is 16.0 Å². The number of anilines is 1. The van der Waals surface area contributed by atoms with E-state index in [1.807, 2.05) is 30.5 Å². The first-order valence-electron chi connectivity index (χ1n) is 9.14. The minimum Gasteiger partial charge on any atom is -0.361 e. The lowest BCUT2D eigenvalue weighted by Crippen LogP contribution is -2.44. The molecule has 0 saturated carbocycles. The van der Waals surface area contributed by atoms with Crippen LogP contribution in [0.3, 0.4) is 0 Å². The number of carbonyl (C=O) groups is 3. The molecule has 0 aliphatic carbocycles. The van der Waals surface area contributed by atoms with Gasteiger partial charge in [0.2, 0.25) is 11.8 Å². The summed E-state index contributed by atoms with van der Waals surface area (Å²) in [6, 6.07) is 13.8. The van der Waals surface area contributed by atoms with Crippen LogP contribution < -0.4 is 16.0 Å². The zero-order valence-corrected chi connectivity index (χ0v) is 15.1. The van der Waals surface area contributed by atoms with E-state index in [9.17, 15) is 14.4 Å². The molecule has 0 bridgehead atoms. The maximum Gasteiger partial charge on any atom is 0.254 e. The lowest BCUT2D eigenvalue weighted by Gasteiger charge is -2.14. The van der Waals surface area contributed by atoms with Gasteiger partial charge in [0.25, 0.3) is 5.91 Å². The highest BCUT2D eigenvalue weighted by atomic mass is 16.2. The van der Waals surface area contributed by atoms with E-state index >= 15 is 0 Å². The van der Waals surface area contributed by atoms with E-state index in [-0.39, 0.29) is 18.2 Å². The van der Waals surface area contributed by atoms with E-state index in [0.29, 0.717) is 24.2 Å². The molecule has 1 aliphatic heterocycles. The summed E-state index contributed by atoms with van der Waals surface area (Å²) < 4.78 is 0. The number of para-hydroxylation sites is 2. The molecule has 1 atom stereocenters. The number of fused-ring (bicyclic) bond motifs is 2. The summed E-state index contributed by atoms with van der Waals surface area (Å²) in [4.78, 5) is 40.1. The van der Waals surface area contributed by atoms with Crippen molar-refractivity contribution >= 4 is 34.3 Å². The van der Waals surface area contributed by atoms with E-state index in [0.717, 1.165) is 16.5 Å². The summed E-state index contributed by atoms with van der Waals surface area (Å²) in [5.41, 5.74) is 3.01. The Hall–Kier alpha value is -3.61. The first-order chi connectivity index (χ1) is 13.6. The Bertz CT molecular complexity index is 1060. The summed E-state index contributed by atoms with van der Waals surface area (Å²) in [5.74, 6) is -1.05. The first kappa shape index (κ1) is 17.8. The number of H-pyrrole nitrogens is 1. The fourth-order valence-corrected chi connectivity index (χ4v) is 3.39. The Morgan fingerprint density at radius 1 is 1.04 bits per heavy atom. The van der Waals surface area contributed by atoms with Crippen molar-refractivity contribution in [2.45, 2.75) is 18.9 Å². The molecule has 1 aliphatic rings. The van der Waals surface area contributed by atoms with Gasteiger partial charge in [-0.3, -0.25) is 14.4 Å². The fraction of sp³-hybridized carbons (Fsp3) is 0.190. The third kappa shape index (κ3) is 3.59. The zero-order chi connectivity index (χ0) is 19.5. The number of hydrogen-bond acceptors (Lipinski definition) is 3. The molecule has 0 unspecified atom stereocenters. The molecule has 142 valence electrons. The highest BCUT2D eigenvalue weighted by Crippen LogP contribution is 2.19. The second-order valence-electron chi connectivity index (χ2n) is 6.72. The second kappa shape index (κ2) is 7.56. The van der Waals surface area contributed by atoms with Crippen molar-refractivity contribution in [2.24, 2.45) is 0 Å². The topological polar surface area (TPSA) is 103 Å². The van der Waals surface area contributed by atoms with E-state index < -0.39 is 11.9 Å². The molecule has 1 aromatic heterocycles. The van der Waals surface area contributed by atoms with Crippen LogP contribution in [0.2, 0.25) is 0 Å². The summed E-state index contributed by atoms with van der Waals surface area (Å²) >= 11 is 0. The van der Waals surface area contributed by atoms with Crippen molar-refractivity contribution in [1.82, 2.24) is 15.6 Å². The normalized spacial score (nSPS) is 16.1. The number of benzene rings is 2. The van der Waals surface area contributed by atoms with E-state index in [4.69, 9.17) is 0 Å². The quantitative estimate of drug-likeness (QED) is 0.547. The number of aromatic nitrogens is 1. The predicted octanol–water partition coefficient (Wildman–Crippen LogP) is 1.97. The van der Waals surface area contributed by atoms with Crippen molar-refractivity contribution in [3.63, 3.8) is 0 Å². The summed E-state index contributed by atoms with van der Waals surface area (Å²) in [6.07, 6.45) is 2.50. The van der Waals surface area contributed by atoms with E-state index in [1.54, 1.807) is 24.3 Å². The maximum atomic E-state index is 12.4. The van der Waals surface area contributed by atoms with Crippen LogP contribution in [0, 0.1) is 0 Å². The minimum absolute atomic E-state index is 0.112. The van der Waals surface area contributed by atoms with Crippen molar-refractivity contribution in [3.05, 3.63) is 65.9 Å². The molecule has 0 fully saturated rings. The van der Waals surface area contributed by atoms with Crippen LogP contribution in [0.15, 0.2) is 54.7 Å². The average molecular weight is 376 g/mol. The molecule has 7 heteroatoms. The number of nitrogens with one attached hydrogen (secondary N) is 4. The number of carbonyl (C=O) groups excluding carboxylic acids is 3. The highest BCUT2D eigenvalue weighted by Gasteiger charge is 2.29.